The third kappa shape index (κ3) is 4.99. The number of benzene rings is 10. The molecule has 0 atom stereocenters. The van der Waals surface area contributed by atoms with Gasteiger partial charge in [-0.25, -0.2) is 0 Å². The molecule has 0 unspecified atom stereocenters. The van der Waals surface area contributed by atoms with Crippen molar-refractivity contribution in [1.82, 2.24) is 0 Å². The molecule has 2 heteroatoms. The van der Waals surface area contributed by atoms with Crippen LogP contribution in [0.3, 0.4) is 0 Å². The fourth-order valence-corrected chi connectivity index (χ4v) is 9.60. The van der Waals surface area contributed by atoms with E-state index in [-0.39, 0.29) is 0 Å². The van der Waals surface area contributed by atoms with Gasteiger partial charge in [0.15, 0.2) is 0 Å². The van der Waals surface area contributed by atoms with Crippen molar-refractivity contribution < 1.29 is 0 Å². The zero-order valence-electron chi connectivity index (χ0n) is 29.4. The molecule has 0 fully saturated rings. The molecule has 0 N–H and O–H groups in total. The molecule has 0 saturated heterocycles. The summed E-state index contributed by atoms with van der Waals surface area (Å²) in [7, 11) is 0. The summed E-state index contributed by atoms with van der Waals surface area (Å²) >= 11 is 1.86. The van der Waals surface area contributed by atoms with Gasteiger partial charge in [-0.1, -0.05) is 158 Å². The van der Waals surface area contributed by atoms with E-state index in [0.29, 0.717) is 0 Å². The Hall–Kier alpha value is -6.74. The van der Waals surface area contributed by atoms with Crippen molar-refractivity contribution >= 4 is 91.7 Å². The van der Waals surface area contributed by atoms with Crippen LogP contribution in [0.15, 0.2) is 200 Å². The zero-order chi connectivity index (χ0) is 35.6. The minimum atomic E-state index is 1.12. The third-order valence-electron chi connectivity index (χ3n) is 11.1. The molecular weight excluding hydrogens is 671 g/mol. The van der Waals surface area contributed by atoms with Gasteiger partial charge in [-0.05, 0) is 108 Å². The van der Waals surface area contributed by atoms with E-state index in [9.17, 15) is 0 Å². The molecule has 252 valence electrons. The lowest BCUT2D eigenvalue weighted by molar-refractivity contribution is 1.29. The highest BCUT2D eigenvalue weighted by atomic mass is 32.1. The fraction of sp³-hybridized carbons (Fsp3) is 0. The summed E-state index contributed by atoms with van der Waals surface area (Å²) in [4.78, 5) is 2.39. The molecule has 0 saturated carbocycles. The maximum atomic E-state index is 2.39. The van der Waals surface area contributed by atoms with Crippen molar-refractivity contribution in [2.75, 3.05) is 4.90 Å². The predicted octanol–water partition coefficient (Wildman–Crippen LogP) is 15.5. The number of hydrogen-bond donors (Lipinski definition) is 0. The van der Waals surface area contributed by atoms with E-state index in [1.165, 1.54) is 85.5 Å². The first-order valence-electron chi connectivity index (χ1n) is 18.5. The minimum Gasteiger partial charge on any atom is -0.310 e. The van der Waals surface area contributed by atoms with Crippen LogP contribution >= 0.6 is 11.3 Å². The lowest BCUT2D eigenvalue weighted by atomic mass is 9.94. The Bertz CT molecular complexity index is 3050. The van der Waals surface area contributed by atoms with Crippen molar-refractivity contribution in [3.63, 3.8) is 0 Å². The number of nitrogens with zero attached hydrogens (tertiary/aromatic N) is 1. The first-order chi connectivity index (χ1) is 26.8. The van der Waals surface area contributed by atoms with Gasteiger partial charge in [0.2, 0.25) is 0 Å². The van der Waals surface area contributed by atoms with Crippen molar-refractivity contribution in [2.24, 2.45) is 0 Å². The highest BCUT2D eigenvalue weighted by molar-refractivity contribution is 7.25. The van der Waals surface area contributed by atoms with E-state index in [1.807, 2.05) is 11.3 Å². The van der Waals surface area contributed by atoms with Crippen LogP contribution in [0.1, 0.15) is 0 Å². The molecule has 0 aliphatic heterocycles. The molecule has 1 nitrogen and oxygen atoms in total. The minimum absolute atomic E-state index is 1.12. The summed E-state index contributed by atoms with van der Waals surface area (Å²) in [6.07, 6.45) is 0. The Morgan fingerprint density at radius 3 is 1.30 bits per heavy atom. The second-order valence-electron chi connectivity index (χ2n) is 14.1. The van der Waals surface area contributed by atoms with E-state index < -0.39 is 0 Å². The Morgan fingerprint density at radius 1 is 0.278 bits per heavy atom. The summed E-state index contributed by atoms with van der Waals surface area (Å²) < 4.78 is 2.61. The predicted molar refractivity (Wildman–Crippen MR) is 235 cm³/mol. The molecule has 11 aromatic rings. The molecule has 10 aromatic carbocycles. The molecule has 0 radical (unpaired) electrons. The number of anilines is 3. The van der Waals surface area contributed by atoms with E-state index >= 15 is 0 Å². The summed E-state index contributed by atoms with van der Waals surface area (Å²) in [5, 5.41) is 12.8. The third-order valence-corrected chi connectivity index (χ3v) is 12.2. The van der Waals surface area contributed by atoms with E-state index in [0.717, 1.165) is 17.1 Å². The molecule has 1 heterocycles. The van der Waals surface area contributed by atoms with Gasteiger partial charge < -0.3 is 4.90 Å². The van der Waals surface area contributed by atoms with Crippen LogP contribution in [0.4, 0.5) is 17.1 Å². The van der Waals surface area contributed by atoms with Crippen LogP contribution in [-0.4, -0.2) is 0 Å². The molecule has 11 rings (SSSR count). The van der Waals surface area contributed by atoms with Gasteiger partial charge >= 0.3 is 0 Å². The van der Waals surface area contributed by atoms with E-state index in [1.54, 1.807) is 0 Å². The standard InChI is InChI=1S/C52H33NS/c1-3-11-41-34(9-1)23-30-47-43(14-7-16-45(41)47)36-19-25-38(26-20-36)53(40-29-32-50-49-13-5-6-18-51(49)54-52(50)33-40)39-27-21-37(22-28-39)44-15-8-17-46-42-12-4-2-10-35(42)24-31-48(44)46/h1-33H. The van der Waals surface area contributed by atoms with Crippen LogP contribution in [-0.2, 0) is 0 Å². The Balaban J connectivity index is 1.03. The topological polar surface area (TPSA) is 3.24 Å². The number of fused-ring (bicyclic) bond motifs is 9. The van der Waals surface area contributed by atoms with E-state index in [4.69, 9.17) is 0 Å². The monoisotopic (exact) mass is 703 g/mol. The average Bonchev–Trinajstić information content (AvgIpc) is 3.62. The van der Waals surface area contributed by atoms with Gasteiger partial charge in [0.25, 0.3) is 0 Å². The Morgan fingerprint density at radius 2 is 0.722 bits per heavy atom. The van der Waals surface area contributed by atoms with Gasteiger partial charge in [0, 0.05) is 37.2 Å². The van der Waals surface area contributed by atoms with Gasteiger partial charge in [0.05, 0.1) is 0 Å². The quantitative estimate of drug-likeness (QED) is 0.161. The summed E-state index contributed by atoms with van der Waals surface area (Å²) in [6, 6.07) is 73.5. The van der Waals surface area contributed by atoms with E-state index in [2.05, 4.69) is 205 Å². The van der Waals surface area contributed by atoms with Gasteiger partial charge in [0.1, 0.15) is 0 Å². The summed E-state index contributed by atoms with van der Waals surface area (Å²) in [5.41, 5.74) is 8.29. The summed E-state index contributed by atoms with van der Waals surface area (Å²) in [5.74, 6) is 0. The van der Waals surface area contributed by atoms with Crippen LogP contribution in [0.25, 0.3) is 85.5 Å². The van der Waals surface area contributed by atoms with Crippen LogP contribution in [0.2, 0.25) is 0 Å². The lowest BCUT2D eigenvalue weighted by Crippen LogP contribution is -2.09. The van der Waals surface area contributed by atoms with Gasteiger partial charge in [-0.2, -0.15) is 0 Å². The maximum Gasteiger partial charge on any atom is 0.0476 e. The lowest BCUT2D eigenvalue weighted by Gasteiger charge is -2.26. The molecule has 0 spiro atoms. The molecule has 1 aromatic heterocycles. The van der Waals surface area contributed by atoms with Gasteiger partial charge in [-0.15, -0.1) is 11.3 Å². The van der Waals surface area contributed by atoms with Crippen molar-refractivity contribution in [1.29, 1.82) is 0 Å². The normalized spacial score (nSPS) is 11.7. The van der Waals surface area contributed by atoms with Crippen LogP contribution in [0.5, 0.6) is 0 Å². The molecule has 0 aliphatic carbocycles. The van der Waals surface area contributed by atoms with Crippen molar-refractivity contribution in [3.8, 4) is 22.3 Å². The van der Waals surface area contributed by atoms with Crippen LogP contribution < -0.4 is 4.90 Å². The average molecular weight is 704 g/mol. The second kappa shape index (κ2) is 12.4. The molecular formula is C52H33NS. The number of rotatable bonds is 5. The smallest absolute Gasteiger partial charge is 0.0476 e. The number of thiophene rings is 1. The van der Waals surface area contributed by atoms with Crippen LogP contribution in [0, 0.1) is 0 Å². The SMILES string of the molecule is c1ccc2c(c1)ccc1c(-c3ccc(N(c4ccc(-c5cccc6c5ccc5ccccc56)cc4)c4ccc5c(c4)sc4ccccc45)cc3)cccc12. The zero-order valence-corrected chi connectivity index (χ0v) is 30.2. The maximum absolute atomic E-state index is 2.39. The first-order valence-corrected chi connectivity index (χ1v) is 19.3. The highest BCUT2D eigenvalue weighted by Crippen LogP contribution is 2.43. The molecule has 0 amide bonds. The van der Waals surface area contributed by atoms with Crippen molar-refractivity contribution in [3.05, 3.63) is 200 Å². The Kier molecular flexibility index (Phi) is 7.11. The Labute approximate surface area is 317 Å². The molecule has 0 bridgehead atoms. The first kappa shape index (κ1) is 30.8. The number of hydrogen-bond acceptors (Lipinski definition) is 2. The largest absolute Gasteiger partial charge is 0.310 e. The second-order valence-corrected chi connectivity index (χ2v) is 15.2. The fourth-order valence-electron chi connectivity index (χ4n) is 8.47. The summed E-state index contributed by atoms with van der Waals surface area (Å²) in [6.45, 7) is 0. The van der Waals surface area contributed by atoms with Crippen molar-refractivity contribution in [2.45, 2.75) is 0 Å². The molecule has 0 aliphatic rings. The molecule has 54 heavy (non-hydrogen) atoms. The van der Waals surface area contributed by atoms with Gasteiger partial charge in [-0.3, -0.25) is 0 Å². The highest BCUT2D eigenvalue weighted by Gasteiger charge is 2.17.